The molecule has 0 aliphatic heterocycles. The van der Waals surface area contributed by atoms with Gasteiger partial charge in [-0.1, -0.05) is 12.1 Å². The summed E-state index contributed by atoms with van der Waals surface area (Å²) in [5.74, 6) is 0. The molecule has 1 radical (unpaired) electrons. The van der Waals surface area contributed by atoms with Crippen LogP contribution in [-0.4, -0.2) is 21.5 Å². The van der Waals surface area contributed by atoms with Crippen LogP contribution in [0.15, 0.2) is 48.9 Å². The number of anilines is 1. The topological polar surface area (TPSA) is 73.0 Å². The van der Waals surface area contributed by atoms with Crippen molar-refractivity contribution in [2.24, 2.45) is 0 Å². The Balaban J connectivity index is 2.10. The monoisotopic (exact) mass is 361 g/mol. The number of hydrogen-bond donors (Lipinski definition) is 1. The number of rotatable bonds is 4. The summed E-state index contributed by atoms with van der Waals surface area (Å²) in [7, 11) is 1.64. The van der Waals surface area contributed by atoms with Crippen molar-refractivity contribution in [3.05, 3.63) is 70.7 Å². The molecule has 0 aliphatic carbocycles. The Kier molecular flexibility index (Phi) is 4.37. The molecule has 0 saturated heterocycles. The maximum Gasteiger partial charge on any atom is 0.417 e. The molecule has 9 heteroatoms. The summed E-state index contributed by atoms with van der Waals surface area (Å²) in [4.78, 5) is 14.5. The van der Waals surface area contributed by atoms with Crippen molar-refractivity contribution in [3.63, 3.8) is 0 Å². The lowest BCUT2D eigenvalue weighted by Crippen LogP contribution is -2.07. The number of nitro benzene ring substituents is 1. The van der Waals surface area contributed by atoms with E-state index in [1.807, 2.05) is 0 Å². The quantitative estimate of drug-likeness (QED) is 0.555. The van der Waals surface area contributed by atoms with Crippen molar-refractivity contribution in [2.75, 3.05) is 12.4 Å². The van der Waals surface area contributed by atoms with Crippen molar-refractivity contribution in [1.82, 2.24) is 9.55 Å². The van der Waals surface area contributed by atoms with E-state index < -0.39 is 16.7 Å². The number of benzene rings is 2. The van der Waals surface area contributed by atoms with Crippen molar-refractivity contribution < 1.29 is 18.1 Å². The third-order valence-corrected chi connectivity index (χ3v) is 3.77. The molecule has 1 aromatic heterocycles. The van der Waals surface area contributed by atoms with Crippen LogP contribution >= 0.6 is 0 Å². The van der Waals surface area contributed by atoms with Gasteiger partial charge in [0.1, 0.15) is 0 Å². The molecule has 0 fully saturated rings. The lowest BCUT2D eigenvalue weighted by Gasteiger charge is -2.11. The second-order valence-corrected chi connectivity index (χ2v) is 5.34. The third-order valence-electron chi connectivity index (χ3n) is 3.77. The third kappa shape index (κ3) is 3.23. The molecule has 3 aromatic rings. The van der Waals surface area contributed by atoms with Gasteiger partial charge in [-0.05, 0) is 18.2 Å². The predicted octanol–water partition coefficient (Wildman–Crippen LogP) is 4.31. The zero-order valence-corrected chi connectivity index (χ0v) is 13.4. The number of nitrogens with one attached hydrogen (secondary N) is 1. The van der Waals surface area contributed by atoms with E-state index in [2.05, 4.69) is 16.4 Å². The normalized spacial score (nSPS) is 11.4. The van der Waals surface area contributed by atoms with Crippen molar-refractivity contribution >= 4 is 11.4 Å². The van der Waals surface area contributed by atoms with Gasteiger partial charge in [0.2, 0.25) is 0 Å². The molecule has 0 bridgehead atoms. The van der Waals surface area contributed by atoms with E-state index >= 15 is 0 Å². The standard InChI is InChI=1S/C17H12F3N4O2/c1-21-14-7-6-11(24(25)26)8-16(14)23-9-15(22-10-23)12-4-2-3-5-13(12)17(18,19)20/h2,4-10,21H,1H3. The van der Waals surface area contributed by atoms with Gasteiger partial charge in [-0.2, -0.15) is 13.2 Å². The van der Waals surface area contributed by atoms with Crippen LogP contribution in [0.1, 0.15) is 5.56 Å². The molecular weight excluding hydrogens is 349 g/mol. The minimum absolute atomic E-state index is 0.0913. The van der Waals surface area contributed by atoms with E-state index in [9.17, 15) is 23.3 Å². The lowest BCUT2D eigenvalue weighted by molar-refractivity contribution is -0.384. The Labute approximate surface area is 146 Å². The first-order chi connectivity index (χ1) is 12.3. The van der Waals surface area contributed by atoms with Gasteiger partial charge in [-0.15, -0.1) is 0 Å². The molecule has 133 valence electrons. The number of nitro groups is 1. The Morgan fingerprint density at radius 2 is 2.08 bits per heavy atom. The zero-order valence-electron chi connectivity index (χ0n) is 13.4. The highest BCUT2D eigenvalue weighted by atomic mass is 19.4. The van der Waals surface area contributed by atoms with E-state index in [4.69, 9.17) is 0 Å². The summed E-state index contributed by atoms with van der Waals surface area (Å²) in [6.07, 6.45) is -1.84. The van der Waals surface area contributed by atoms with Gasteiger partial charge in [0, 0.05) is 30.9 Å². The molecule has 3 rings (SSSR count). The van der Waals surface area contributed by atoms with Crippen LogP contribution in [0.3, 0.4) is 0 Å². The molecule has 0 spiro atoms. The van der Waals surface area contributed by atoms with Gasteiger partial charge in [0.05, 0.1) is 33.9 Å². The number of imidazole rings is 1. The highest BCUT2D eigenvalue weighted by Gasteiger charge is 2.33. The summed E-state index contributed by atoms with van der Waals surface area (Å²) < 4.78 is 41.0. The molecule has 26 heavy (non-hydrogen) atoms. The number of halogens is 3. The maximum atomic E-state index is 13.2. The number of non-ortho nitro benzene ring substituents is 1. The average molecular weight is 361 g/mol. The summed E-state index contributed by atoms with van der Waals surface area (Å²) in [6.45, 7) is 0. The molecule has 0 unspecified atom stereocenters. The van der Waals surface area contributed by atoms with Crippen molar-refractivity contribution in [1.29, 1.82) is 0 Å². The van der Waals surface area contributed by atoms with E-state index in [1.54, 1.807) is 7.05 Å². The molecule has 6 nitrogen and oxygen atoms in total. The Morgan fingerprint density at radius 1 is 1.31 bits per heavy atom. The fourth-order valence-corrected chi connectivity index (χ4v) is 2.54. The lowest BCUT2D eigenvalue weighted by atomic mass is 10.0. The largest absolute Gasteiger partial charge is 0.417 e. The van der Waals surface area contributed by atoms with Crippen LogP contribution in [0.25, 0.3) is 16.9 Å². The smallest absolute Gasteiger partial charge is 0.386 e. The fraction of sp³-hybridized carbons (Fsp3) is 0.118. The summed E-state index contributed by atoms with van der Waals surface area (Å²) in [6, 6.07) is 10.1. The number of hydrogen-bond acceptors (Lipinski definition) is 4. The van der Waals surface area contributed by atoms with Gasteiger partial charge in [-0.25, -0.2) is 4.98 Å². The number of aromatic nitrogens is 2. The van der Waals surface area contributed by atoms with Gasteiger partial charge in [0.15, 0.2) is 0 Å². The highest BCUT2D eigenvalue weighted by Crippen LogP contribution is 2.36. The molecule has 2 aromatic carbocycles. The van der Waals surface area contributed by atoms with Crippen LogP contribution in [0.2, 0.25) is 0 Å². The Hall–Kier alpha value is -3.36. The van der Waals surface area contributed by atoms with Crippen LogP contribution in [0.4, 0.5) is 24.5 Å². The first-order valence-corrected chi connectivity index (χ1v) is 7.39. The highest BCUT2D eigenvalue weighted by molar-refractivity contribution is 5.68. The molecule has 0 amide bonds. The minimum atomic E-state index is -4.54. The van der Waals surface area contributed by atoms with Gasteiger partial charge in [0.25, 0.3) is 5.69 Å². The summed E-state index contributed by atoms with van der Waals surface area (Å²) >= 11 is 0. The molecule has 0 aliphatic rings. The van der Waals surface area contributed by atoms with Crippen LogP contribution in [0, 0.1) is 16.2 Å². The predicted molar refractivity (Wildman–Crippen MR) is 89.0 cm³/mol. The SMILES string of the molecule is CNc1ccc([N+](=O)[O-])cc1-n1cnc(-c2cc[c]cc2C(F)(F)F)c1. The maximum absolute atomic E-state index is 13.2. The van der Waals surface area contributed by atoms with Gasteiger partial charge < -0.3 is 9.88 Å². The first kappa shape index (κ1) is 17.5. The van der Waals surface area contributed by atoms with E-state index in [-0.39, 0.29) is 16.9 Å². The summed E-state index contributed by atoms with van der Waals surface area (Å²) in [5, 5.41) is 13.9. The van der Waals surface area contributed by atoms with Gasteiger partial charge >= 0.3 is 6.18 Å². The fourth-order valence-electron chi connectivity index (χ4n) is 2.54. The van der Waals surface area contributed by atoms with E-state index in [0.29, 0.717) is 11.4 Å². The first-order valence-electron chi connectivity index (χ1n) is 7.39. The van der Waals surface area contributed by atoms with E-state index in [1.165, 1.54) is 47.4 Å². The second kappa shape index (κ2) is 6.51. The van der Waals surface area contributed by atoms with Crippen LogP contribution in [-0.2, 0) is 6.18 Å². The second-order valence-electron chi connectivity index (χ2n) is 5.34. The Morgan fingerprint density at radius 3 is 2.73 bits per heavy atom. The van der Waals surface area contributed by atoms with Crippen molar-refractivity contribution in [3.8, 4) is 16.9 Å². The van der Waals surface area contributed by atoms with E-state index in [0.717, 1.165) is 6.07 Å². The Bertz CT molecular complexity index is 967. The zero-order chi connectivity index (χ0) is 18.9. The molecule has 0 saturated carbocycles. The molecule has 1 heterocycles. The molecule has 1 N–H and O–H groups in total. The average Bonchev–Trinajstić information content (AvgIpc) is 3.10. The summed E-state index contributed by atoms with van der Waals surface area (Å²) in [5.41, 5.74) is -0.0162. The molecular formula is C17H12F3N4O2. The van der Waals surface area contributed by atoms with Crippen molar-refractivity contribution in [2.45, 2.75) is 6.18 Å². The number of nitrogens with zero attached hydrogens (tertiary/aromatic N) is 3. The van der Waals surface area contributed by atoms with Gasteiger partial charge in [-0.3, -0.25) is 10.1 Å². The van der Waals surface area contributed by atoms with Crippen LogP contribution in [0.5, 0.6) is 0 Å². The number of alkyl halides is 3. The minimum Gasteiger partial charge on any atom is -0.386 e. The van der Waals surface area contributed by atoms with Crippen LogP contribution < -0.4 is 5.32 Å². The molecule has 0 atom stereocenters.